The number of benzene rings is 1. The van der Waals surface area contributed by atoms with Crippen molar-refractivity contribution in [2.24, 2.45) is 4.99 Å². The molecule has 1 aliphatic heterocycles. The van der Waals surface area contributed by atoms with E-state index in [0.29, 0.717) is 12.5 Å². The highest BCUT2D eigenvalue weighted by molar-refractivity contribution is 14.0. The Kier molecular flexibility index (Phi) is 9.52. The molecule has 1 atom stereocenters. The summed E-state index contributed by atoms with van der Waals surface area (Å²) in [5, 5.41) is 6.61. The normalized spacial score (nSPS) is 16.5. The number of guanidine groups is 1. The lowest BCUT2D eigenvalue weighted by molar-refractivity contribution is 0.554. The second-order valence-electron chi connectivity index (χ2n) is 7.88. The van der Waals surface area contributed by atoms with E-state index in [0.717, 1.165) is 13.1 Å². The Morgan fingerprint density at radius 2 is 1.93 bits per heavy atom. The maximum Gasteiger partial charge on any atom is 0.191 e. The van der Waals surface area contributed by atoms with Crippen LogP contribution in [0.15, 0.2) is 29.3 Å². The maximum absolute atomic E-state index is 11.9. The van der Waals surface area contributed by atoms with Gasteiger partial charge in [-0.05, 0) is 58.2 Å². The van der Waals surface area contributed by atoms with E-state index in [2.05, 4.69) is 51.7 Å². The molecule has 1 aromatic rings. The maximum atomic E-state index is 11.9. The molecule has 160 valence electrons. The fraction of sp³-hybridized carbons (Fsp3) is 0.650. The Morgan fingerprint density at radius 1 is 1.29 bits per heavy atom. The third kappa shape index (κ3) is 6.79. The molecular weight excluding hydrogens is 487 g/mol. The van der Waals surface area contributed by atoms with Crippen molar-refractivity contribution in [1.29, 1.82) is 0 Å². The smallest absolute Gasteiger partial charge is 0.191 e. The number of nitrogens with one attached hydrogen (secondary N) is 2. The molecule has 2 N–H and O–H groups in total. The lowest BCUT2D eigenvalue weighted by Gasteiger charge is -2.23. The summed E-state index contributed by atoms with van der Waals surface area (Å²) in [6, 6.07) is 8.66. The van der Waals surface area contributed by atoms with Crippen molar-refractivity contribution in [3.8, 4) is 0 Å². The molecule has 0 aromatic heterocycles. The topological polar surface area (TPSA) is 73.8 Å². The van der Waals surface area contributed by atoms with Crippen molar-refractivity contribution in [3.63, 3.8) is 0 Å². The molecule has 0 radical (unpaired) electrons. The Balaban J connectivity index is 0.00000392. The number of anilines is 1. The number of sulfone groups is 1. The fourth-order valence-corrected chi connectivity index (χ4v) is 3.26. The Hall–Kier alpha value is -1.03. The molecule has 1 aliphatic rings. The lowest BCUT2D eigenvalue weighted by Crippen LogP contribution is -2.41. The molecule has 0 spiro atoms. The molecule has 1 heterocycles. The molecule has 1 saturated heterocycles. The van der Waals surface area contributed by atoms with Gasteiger partial charge in [-0.3, -0.25) is 4.99 Å². The van der Waals surface area contributed by atoms with Gasteiger partial charge in [0.1, 0.15) is 0 Å². The number of rotatable bonds is 7. The van der Waals surface area contributed by atoms with Gasteiger partial charge in [-0.2, -0.15) is 0 Å². The summed E-state index contributed by atoms with van der Waals surface area (Å²) >= 11 is 0. The first-order valence-corrected chi connectivity index (χ1v) is 11.6. The zero-order valence-electron chi connectivity index (χ0n) is 17.7. The summed E-state index contributed by atoms with van der Waals surface area (Å²) in [6.07, 6.45) is 3.77. The van der Waals surface area contributed by atoms with E-state index in [9.17, 15) is 8.42 Å². The van der Waals surface area contributed by atoms with E-state index < -0.39 is 14.6 Å². The van der Waals surface area contributed by atoms with Crippen LogP contribution in [0.4, 0.5) is 5.69 Å². The number of hydrogen-bond acceptors (Lipinski definition) is 4. The van der Waals surface area contributed by atoms with Gasteiger partial charge in [0.25, 0.3) is 0 Å². The van der Waals surface area contributed by atoms with Crippen LogP contribution in [0, 0.1) is 0 Å². The standard InChI is InChI=1S/C20H34N4O2S.HI/c1-6-21-19(22-15-20(3,4)27(5,25)26)23-16(2)17-10-9-11-18(14-17)24-12-7-8-13-24;/h9-11,14,16H,6-8,12-13,15H2,1-5H3,(H2,21,22,23);1H. The first-order valence-electron chi connectivity index (χ1n) is 9.73. The molecule has 0 amide bonds. The van der Waals surface area contributed by atoms with E-state index in [1.165, 1.54) is 30.3 Å². The minimum atomic E-state index is -3.18. The van der Waals surface area contributed by atoms with Gasteiger partial charge in [-0.15, -0.1) is 24.0 Å². The molecule has 6 nitrogen and oxygen atoms in total. The Labute approximate surface area is 187 Å². The van der Waals surface area contributed by atoms with Crippen LogP contribution in [0.5, 0.6) is 0 Å². The minimum absolute atomic E-state index is 0. The van der Waals surface area contributed by atoms with E-state index in [1.54, 1.807) is 13.8 Å². The molecule has 2 rings (SSSR count). The molecule has 8 heteroatoms. The van der Waals surface area contributed by atoms with E-state index in [-0.39, 0.29) is 36.6 Å². The first-order chi connectivity index (χ1) is 12.6. The number of nitrogens with zero attached hydrogens (tertiary/aromatic N) is 2. The summed E-state index contributed by atoms with van der Waals surface area (Å²) in [7, 11) is -3.18. The molecule has 1 aromatic carbocycles. The summed E-state index contributed by atoms with van der Waals surface area (Å²) in [5.41, 5.74) is 2.45. The van der Waals surface area contributed by atoms with Crippen LogP contribution in [0.1, 0.15) is 52.1 Å². The summed E-state index contributed by atoms with van der Waals surface area (Å²) < 4.78 is 22.9. The third-order valence-electron chi connectivity index (χ3n) is 5.16. The largest absolute Gasteiger partial charge is 0.372 e. The van der Waals surface area contributed by atoms with Crippen molar-refractivity contribution in [2.75, 3.05) is 37.3 Å². The van der Waals surface area contributed by atoms with Gasteiger partial charge in [0, 0.05) is 31.6 Å². The van der Waals surface area contributed by atoms with Crippen molar-refractivity contribution in [3.05, 3.63) is 29.8 Å². The lowest BCUT2D eigenvalue weighted by atomic mass is 10.1. The molecule has 0 saturated carbocycles. The van der Waals surface area contributed by atoms with Gasteiger partial charge in [-0.25, -0.2) is 8.42 Å². The number of aliphatic imine (C=N–C) groups is 1. The predicted molar refractivity (Wildman–Crippen MR) is 130 cm³/mol. The number of halogens is 1. The Bertz CT molecular complexity index is 759. The van der Waals surface area contributed by atoms with E-state index in [4.69, 9.17) is 0 Å². The number of hydrogen-bond donors (Lipinski definition) is 2. The molecule has 0 bridgehead atoms. The second-order valence-corrected chi connectivity index (χ2v) is 10.5. The highest BCUT2D eigenvalue weighted by atomic mass is 127. The predicted octanol–water partition coefficient (Wildman–Crippen LogP) is 3.34. The summed E-state index contributed by atoms with van der Waals surface area (Å²) in [6.45, 7) is 10.7. The summed E-state index contributed by atoms with van der Waals surface area (Å²) in [4.78, 5) is 6.94. The quantitative estimate of drug-likeness (QED) is 0.327. The minimum Gasteiger partial charge on any atom is -0.372 e. The molecule has 0 aliphatic carbocycles. The van der Waals surface area contributed by atoms with Crippen molar-refractivity contribution < 1.29 is 8.42 Å². The van der Waals surface area contributed by atoms with E-state index >= 15 is 0 Å². The van der Waals surface area contributed by atoms with Crippen LogP contribution >= 0.6 is 24.0 Å². The average molecular weight is 522 g/mol. The zero-order chi connectivity index (χ0) is 20.1. The van der Waals surface area contributed by atoms with Crippen molar-refractivity contribution in [1.82, 2.24) is 10.6 Å². The highest BCUT2D eigenvalue weighted by Crippen LogP contribution is 2.24. The highest BCUT2D eigenvalue weighted by Gasteiger charge is 2.30. The SMILES string of the molecule is CCNC(=NCC(C)(C)S(C)(=O)=O)NC(C)c1cccc(N2CCCC2)c1.I. The van der Waals surface area contributed by atoms with Crippen LogP contribution in [0.25, 0.3) is 0 Å². The molecule has 1 unspecified atom stereocenters. The van der Waals surface area contributed by atoms with Gasteiger partial charge in [0.15, 0.2) is 15.8 Å². The van der Waals surface area contributed by atoms with Crippen LogP contribution in [-0.4, -0.2) is 51.6 Å². The summed E-state index contributed by atoms with van der Waals surface area (Å²) in [5.74, 6) is 0.633. The van der Waals surface area contributed by atoms with Crippen molar-refractivity contribution >= 4 is 45.5 Å². The van der Waals surface area contributed by atoms with Gasteiger partial charge in [0.05, 0.1) is 17.3 Å². The van der Waals surface area contributed by atoms with Gasteiger partial charge >= 0.3 is 0 Å². The zero-order valence-corrected chi connectivity index (χ0v) is 20.8. The fourth-order valence-electron chi connectivity index (χ4n) is 2.96. The first kappa shape index (κ1) is 25.0. The van der Waals surface area contributed by atoms with Gasteiger partial charge < -0.3 is 15.5 Å². The van der Waals surface area contributed by atoms with Crippen LogP contribution in [0.2, 0.25) is 0 Å². The van der Waals surface area contributed by atoms with Crippen LogP contribution in [-0.2, 0) is 9.84 Å². The Morgan fingerprint density at radius 3 is 2.50 bits per heavy atom. The molecule has 28 heavy (non-hydrogen) atoms. The van der Waals surface area contributed by atoms with Crippen LogP contribution < -0.4 is 15.5 Å². The van der Waals surface area contributed by atoms with Gasteiger partial charge in [0.2, 0.25) is 0 Å². The molecular formula is C20H35IN4O2S. The van der Waals surface area contributed by atoms with Gasteiger partial charge in [-0.1, -0.05) is 12.1 Å². The average Bonchev–Trinajstić information content (AvgIpc) is 3.13. The van der Waals surface area contributed by atoms with E-state index in [1.807, 2.05) is 6.92 Å². The monoisotopic (exact) mass is 522 g/mol. The van der Waals surface area contributed by atoms with Crippen molar-refractivity contribution in [2.45, 2.75) is 51.3 Å². The third-order valence-corrected chi connectivity index (χ3v) is 7.30. The van der Waals surface area contributed by atoms with Crippen LogP contribution in [0.3, 0.4) is 0 Å². The molecule has 1 fully saturated rings. The second kappa shape index (κ2) is 10.7.